The molecular weight excluding hydrogens is 266 g/mol. The fraction of sp³-hybridized carbons (Fsp3) is 0.125. The van der Waals surface area contributed by atoms with Gasteiger partial charge in [-0.3, -0.25) is 4.79 Å². The molecule has 0 aliphatic rings. The molecule has 0 heterocycles. The number of ether oxygens (including phenoxy) is 1. The van der Waals surface area contributed by atoms with Crippen molar-refractivity contribution in [2.24, 2.45) is 0 Å². The van der Waals surface area contributed by atoms with Crippen LogP contribution in [0, 0.1) is 11.3 Å². The number of carbonyl (C=O) groups is 1. The molecule has 0 radical (unpaired) electrons. The molecule has 2 aromatic carbocycles. The minimum Gasteiger partial charge on any atom is -0.482 e. The predicted octanol–water partition coefficient (Wildman–Crippen LogP) is 1.84. The van der Waals surface area contributed by atoms with E-state index in [1.54, 1.807) is 48.5 Å². The zero-order valence-corrected chi connectivity index (χ0v) is 11.4. The van der Waals surface area contributed by atoms with E-state index < -0.39 is 0 Å². The third-order valence-electron chi connectivity index (χ3n) is 2.85. The van der Waals surface area contributed by atoms with Gasteiger partial charge in [0.15, 0.2) is 6.61 Å². The topological polar surface area (TPSA) is 88.1 Å². The van der Waals surface area contributed by atoms with Crippen molar-refractivity contribution in [2.45, 2.75) is 6.54 Å². The van der Waals surface area contributed by atoms with E-state index in [-0.39, 0.29) is 12.5 Å². The number of para-hydroxylation sites is 2. The molecule has 0 bridgehead atoms. The standard InChI is InChI=1S/C16H15N3O2/c17-9-12-5-7-13(8-6-12)10-19-16(20)11-21-15-4-2-1-3-14(15)18/h1-8H,10-11,18H2,(H,19,20). The summed E-state index contributed by atoms with van der Waals surface area (Å²) < 4.78 is 5.34. The van der Waals surface area contributed by atoms with Gasteiger partial charge in [-0.15, -0.1) is 0 Å². The molecule has 3 N–H and O–H groups in total. The second-order valence-electron chi connectivity index (χ2n) is 4.41. The first kappa shape index (κ1) is 14.4. The summed E-state index contributed by atoms with van der Waals surface area (Å²) in [7, 11) is 0. The molecule has 106 valence electrons. The van der Waals surface area contributed by atoms with E-state index >= 15 is 0 Å². The van der Waals surface area contributed by atoms with Crippen LogP contribution in [-0.2, 0) is 11.3 Å². The summed E-state index contributed by atoms with van der Waals surface area (Å²) in [5.41, 5.74) is 7.72. The van der Waals surface area contributed by atoms with Crippen molar-refractivity contribution >= 4 is 11.6 Å². The highest BCUT2D eigenvalue weighted by Crippen LogP contribution is 2.19. The van der Waals surface area contributed by atoms with Crippen LogP contribution in [-0.4, -0.2) is 12.5 Å². The number of hydrogen-bond acceptors (Lipinski definition) is 4. The monoisotopic (exact) mass is 281 g/mol. The van der Waals surface area contributed by atoms with E-state index in [1.165, 1.54) is 0 Å². The highest BCUT2D eigenvalue weighted by atomic mass is 16.5. The summed E-state index contributed by atoms with van der Waals surface area (Å²) in [6, 6.07) is 16.1. The summed E-state index contributed by atoms with van der Waals surface area (Å²) in [6.07, 6.45) is 0. The third kappa shape index (κ3) is 4.25. The van der Waals surface area contributed by atoms with E-state index in [0.717, 1.165) is 5.56 Å². The van der Waals surface area contributed by atoms with Crippen LogP contribution in [0.25, 0.3) is 0 Å². The number of carbonyl (C=O) groups excluding carboxylic acids is 1. The molecule has 0 aliphatic carbocycles. The molecule has 0 aromatic heterocycles. The lowest BCUT2D eigenvalue weighted by Crippen LogP contribution is -2.28. The predicted molar refractivity (Wildman–Crippen MR) is 79.4 cm³/mol. The first-order valence-electron chi connectivity index (χ1n) is 6.42. The molecule has 5 heteroatoms. The second kappa shape index (κ2) is 6.96. The van der Waals surface area contributed by atoms with Gasteiger partial charge in [0.1, 0.15) is 5.75 Å². The maximum Gasteiger partial charge on any atom is 0.258 e. The third-order valence-corrected chi connectivity index (χ3v) is 2.85. The molecule has 5 nitrogen and oxygen atoms in total. The van der Waals surface area contributed by atoms with Crippen molar-refractivity contribution < 1.29 is 9.53 Å². The van der Waals surface area contributed by atoms with Crippen molar-refractivity contribution in [3.05, 3.63) is 59.7 Å². The Morgan fingerprint density at radius 1 is 1.19 bits per heavy atom. The first-order valence-corrected chi connectivity index (χ1v) is 6.42. The lowest BCUT2D eigenvalue weighted by Gasteiger charge is -2.09. The van der Waals surface area contributed by atoms with Gasteiger partial charge in [0.2, 0.25) is 0 Å². The Balaban J connectivity index is 1.79. The van der Waals surface area contributed by atoms with E-state index in [0.29, 0.717) is 23.5 Å². The lowest BCUT2D eigenvalue weighted by atomic mass is 10.1. The SMILES string of the molecule is N#Cc1ccc(CNC(=O)COc2ccccc2N)cc1. The lowest BCUT2D eigenvalue weighted by molar-refractivity contribution is -0.123. The van der Waals surface area contributed by atoms with Gasteiger partial charge in [-0.1, -0.05) is 24.3 Å². The first-order chi connectivity index (χ1) is 10.2. The molecule has 21 heavy (non-hydrogen) atoms. The van der Waals surface area contributed by atoms with Crippen LogP contribution in [0.3, 0.4) is 0 Å². The molecule has 1 amide bonds. The Hall–Kier alpha value is -3.00. The van der Waals surface area contributed by atoms with E-state index in [2.05, 4.69) is 5.32 Å². The Morgan fingerprint density at radius 3 is 2.57 bits per heavy atom. The molecule has 0 unspecified atom stereocenters. The maximum absolute atomic E-state index is 11.7. The molecule has 0 fully saturated rings. The summed E-state index contributed by atoms with van der Waals surface area (Å²) in [4.78, 5) is 11.7. The second-order valence-corrected chi connectivity index (χ2v) is 4.41. The average Bonchev–Trinajstić information content (AvgIpc) is 2.52. The number of nitrogens with zero attached hydrogens (tertiary/aromatic N) is 1. The normalized spacial score (nSPS) is 9.67. The van der Waals surface area contributed by atoms with E-state index in [1.807, 2.05) is 6.07 Å². The smallest absolute Gasteiger partial charge is 0.258 e. The van der Waals surface area contributed by atoms with Gasteiger partial charge in [-0.05, 0) is 29.8 Å². The molecule has 2 rings (SSSR count). The zero-order valence-electron chi connectivity index (χ0n) is 11.4. The largest absolute Gasteiger partial charge is 0.482 e. The van der Waals surface area contributed by atoms with Crippen LogP contribution in [0.15, 0.2) is 48.5 Å². The average molecular weight is 281 g/mol. The molecular formula is C16H15N3O2. The number of hydrogen-bond donors (Lipinski definition) is 2. The summed E-state index contributed by atoms with van der Waals surface area (Å²) in [5.74, 6) is 0.258. The van der Waals surface area contributed by atoms with Crippen molar-refractivity contribution in [3.8, 4) is 11.8 Å². The number of rotatable bonds is 5. The Labute approximate surface area is 123 Å². The highest BCUT2D eigenvalue weighted by molar-refractivity contribution is 5.77. The number of nitrogens with two attached hydrogens (primary N) is 1. The Bertz CT molecular complexity index is 660. The maximum atomic E-state index is 11.7. The van der Waals surface area contributed by atoms with Crippen LogP contribution in [0.4, 0.5) is 5.69 Å². The van der Waals surface area contributed by atoms with Gasteiger partial charge in [-0.2, -0.15) is 5.26 Å². The van der Waals surface area contributed by atoms with Crippen LogP contribution in [0.2, 0.25) is 0 Å². The molecule has 0 aliphatic heterocycles. The van der Waals surface area contributed by atoms with Crippen molar-refractivity contribution in [3.63, 3.8) is 0 Å². The number of amides is 1. The quantitative estimate of drug-likeness (QED) is 0.818. The number of anilines is 1. The van der Waals surface area contributed by atoms with Gasteiger partial charge in [0.25, 0.3) is 5.91 Å². The number of nitrogens with one attached hydrogen (secondary N) is 1. The fourth-order valence-corrected chi connectivity index (χ4v) is 1.70. The van der Waals surface area contributed by atoms with E-state index in [9.17, 15) is 4.79 Å². The Morgan fingerprint density at radius 2 is 1.90 bits per heavy atom. The number of nitriles is 1. The van der Waals surface area contributed by atoms with Crippen LogP contribution in [0.5, 0.6) is 5.75 Å². The van der Waals surface area contributed by atoms with Gasteiger partial charge < -0.3 is 15.8 Å². The number of benzene rings is 2. The van der Waals surface area contributed by atoms with E-state index in [4.69, 9.17) is 15.7 Å². The number of nitrogen functional groups attached to an aromatic ring is 1. The molecule has 0 saturated carbocycles. The molecule has 0 spiro atoms. The summed E-state index contributed by atoms with van der Waals surface area (Å²) >= 11 is 0. The molecule has 0 atom stereocenters. The van der Waals surface area contributed by atoms with Crippen LogP contribution >= 0.6 is 0 Å². The summed E-state index contributed by atoms with van der Waals surface area (Å²) in [6.45, 7) is 0.294. The van der Waals surface area contributed by atoms with Crippen molar-refractivity contribution in [1.29, 1.82) is 5.26 Å². The van der Waals surface area contributed by atoms with Gasteiger partial charge in [-0.25, -0.2) is 0 Å². The molecule has 2 aromatic rings. The fourth-order valence-electron chi connectivity index (χ4n) is 1.70. The van der Waals surface area contributed by atoms with Crippen molar-refractivity contribution in [2.75, 3.05) is 12.3 Å². The highest BCUT2D eigenvalue weighted by Gasteiger charge is 2.04. The van der Waals surface area contributed by atoms with Crippen LogP contribution < -0.4 is 15.8 Å². The van der Waals surface area contributed by atoms with Crippen molar-refractivity contribution in [1.82, 2.24) is 5.32 Å². The molecule has 0 saturated heterocycles. The van der Waals surface area contributed by atoms with Gasteiger partial charge in [0, 0.05) is 6.54 Å². The van der Waals surface area contributed by atoms with Gasteiger partial charge in [0.05, 0.1) is 17.3 Å². The minimum atomic E-state index is -0.234. The van der Waals surface area contributed by atoms with Crippen LogP contribution in [0.1, 0.15) is 11.1 Å². The Kier molecular flexibility index (Phi) is 4.78. The minimum absolute atomic E-state index is 0.0928. The van der Waals surface area contributed by atoms with Gasteiger partial charge >= 0.3 is 0 Å². The summed E-state index contributed by atoms with van der Waals surface area (Å²) in [5, 5.41) is 11.4. The zero-order chi connectivity index (χ0) is 15.1.